The Balaban J connectivity index is 2.79. The maximum absolute atomic E-state index is 11.8. The highest BCUT2D eigenvalue weighted by Gasteiger charge is 2.02. The van der Waals surface area contributed by atoms with Crippen LogP contribution in [0.1, 0.15) is 5.56 Å². The lowest BCUT2D eigenvalue weighted by Crippen LogP contribution is -2.01. The molecule has 1 aromatic rings. The Hall–Kier alpha value is -0.610. The Labute approximate surface area is 84.5 Å². The Morgan fingerprint density at radius 1 is 1.46 bits per heavy atom. The molecule has 0 saturated heterocycles. The fourth-order valence-electron chi connectivity index (χ4n) is 0.961. The fourth-order valence-corrected chi connectivity index (χ4v) is 1.37. The van der Waals surface area contributed by atoms with Gasteiger partial charge < -0.3 is 9.84 Å². The minimum atomic E-state index is -0.527. The highest BCUT2D eigenvalue weighted by Crippen LogP contribution is 2.23. The fraction of sp³-hybridized carbons (Fsp3) is 0.333. The number of aliphatic hydroxyl groups excluding tert-OH is 1. The van der Waals surface area contributed by atoms with Gasteiger partial charge in [-0.3, -0.25) is 0 Å². The molecule has 0 amide bonds. The first-order valence-electron chi connectivity index (χ1n) is 3.86. The second kappa shape index (κ2) is 5.19. The van der Waals surface area contributed by atoms with Gasteiger partial charge in [0.1, 0.15) is 19.0 Å². The quantitative estimate of drug-likeness (QED) is 0.887. The summed E-state index contributed by atoms with van der Waals surface area (Å²) in [6.07, 6.45) is 0. The van der Waals surface area contributed by atoms with E-state index >= 15 is 0 Å². The summed E-state index contributed by atoms with van der Waals surface area (Å²) in [5, 5.41) is 8.95. The van der Waals surface area contributed by atoms with E-state index in [1.807, 2.05) is 0 Å². The molecular formula is C9H10BrFO2. The van der Waals surface area contributed by atoms with Crippen LogP contribution in [0.4, 0.5) is 4.39 Å². The molecule has 1 rings (SSSR count). The van der Waals surface area contributed by atoms with Crippen LogP contribution in [-0.4, -0.2) is 18.4 Å². The summed E-state index contributed by atoms with van der Waals surface area (Å²) < 4.78 is 17.7. The van der Waals surface area contributed by atoms with Gasteiger partial charge in [-0.2, -0.15) is 0 Å². The molecule has 0 fully saturated rings. The van der Waals surface area contributed by atoms with E-state index in [4.69, 9.17) is 9.84 Å². The van der Waals surface area contributed by atoms with Gasteiger partial charge in [0.25, 0.3) is 0 Å². The summed E-state index contributed by atoms with van der Waals surface area (Å²) in [5.74, 6) is 0.531. The van der Waals surface area contributed by atoms with E-state index in [0.29, 0.717) is 11.3 Å². The molecular weight excluding hydrogens is 239 g/mol. The zero-order chi connectivity index (χ0) is 9.68. The smallest absolute Gasteiger partial charge is 0.125 e. The van der Waals surface area contributed by atoms with Crippen molar-refractivity contribution in [3.05, 3.63) is 28.2 Å². The number of rotatable bonds is 4. The molecule has 0 radical (unpaired) electrons. The summed E-state index contributed by atoms with van der Waals surface area (Å²) in [4.78, 5) is 0. The second-order valence-electron chi connectivity index (χ2n) is 2.45. The van der Waals surface area contributed by atoms with Gasteiger partial charge in [-0.25, -0.2) is 4.39 Å². The number of hydrogen-bond acceptors (Lipinski definition) is 2. The normalized spacial score (nSPS) is 10.1. The SMILES string of the molecule is OCc1cc(Br)ccc1OCCF. The molecule has 0 aromatic heterocycles. The van der Waals surface area contributed by atoms with Gasteiger partial charge in [-0.1, -0.05) is 15.9 Å². The number of halogens is 2. The van der Waals surface area contributed by atoms with Gasteiger partial charge in [0.05, 0.1) is 6.61 Å². The van der Waals surface area contributed by atoms with Crippen molar-refractivity contribution in [3.63, 3.8) is 0 Å². The lowest BCUT2D eigenvalue weighted by atomic mass is 10.2. The van der Waals surface area contributed by atoms with Gasteiger partial charge >= 0.3 is 0 Å². The third kappa shape index (κ3) is 2.97. The third-order valence-electron chi connectivity index (χ3n) is 1.53. The topological polar surface area (TPSA) is 29.5 Å². The van der Waals surface area contributed by atoms with Crippen molar-refractivity contribution in [1.82, 2.24) is 0 Å². The van der Waals surface area contributed by atoms with Crippen molar-refractivity contribution in [2.24, 2.45) is 0 Å². The Morgan fingerprint density at radius 2 is 2.23 bits per heavy atom. The number of alkyl halides is 1. The van der Waals surface area contributed by atoms with Crippen molar-refractivity contribution in [2.75, 3.05) is 13.3 Å². The van der Waals surface area contributed by atoms with E-state index in [-0.39, 0.29) is 13.2 Å². The average Bonchev–Trinajstić information content (AvgIpc) is 2.16. The summed E-state index contributed by atoms with van der Waals surface area (Å²) in [6.45, 7) is -0.614. The molecule has 0 atom stereocenters. The van der Waals surface area contributed by atoms with Crippen molar-refractivity contribution in [2.45, 2.75) is 6.61 Å². The van der Waals surface area contributed by atoms with Gasteiger partial charge in [-0.15, -0.1) is 0 Å². The highest BCUT2D eigenvalue weighted by molar-refractivity contribution is 9.10. The summed E-state index contributed by atoms with van der Waals surface area (Å²) in [6, 6.07) is 5.23. The molecule has 0 saturated carbocycles. The first-order valence-corrected chi connectivity index (χ1v) is 4.65. The largest absolute Gasteiger partial charge is 0.490 e. The third-order valence-corrected chi connectivity index (χ3v) is 2.02. The zero-order valence-electron chi connectivity index (χ0n) is 6.96. The first kappa shape index (κ1) is 10.5. The molecule has 72 valence electrons. The zero-order valence-corrected chi connectivity index (χ0v) is 8.55. The molecule has 1 aromatic carbocycles. The monoisotopic (exact) mass is 248 g/mol. The Kier molecular flexibility index (Phi) is 4.18. The molecule has 0 aliphatic carbocycles. The van der Waals surface area contributed by atoms with Crippen LogP contribution in [0.3, 0.4) is 0 Å². The number of ether oxygens (including phenoxy) is 1. The molecule has 13 heavy (non-hydrogen) atoms. The predicted molar refractivity (Wildman–Crippen MR) is 51.5 cm³/mol. The first-order chi connectivity index (χ1) is 6.27. The lowest BCUT2D eigenvalue weighted by molar-refractivity contribution is 0.248. The maximum Gasteiger partial charge on any atom is 0.125 e. The lowest BCUT2D eigenvalue weighted by Gasteiger charge is -2.08. The van der Waals surface area contributed by atoms with Crippen LogP contribution in [-0.2, 0) is 6.61 Å². The van der Waals surface area contributed by atoms with Crippen molar-refractivity contribution < 1.29 is 14.2 Å². The summed E-state index contributed by atoms with van der Waals surface area (Å²) in [7, 11) is 0. The summed E-state index contributed by atoms with van der Waals surface area (Å²) >= 11 is 3.26. The molecule has 0 bridgehead atoms. The van der Waals surface area contributed by atoms with Crippen molar-refractivity contribution >= 4 is 15.9 Å². The van der Waals surface area contributed by atoms with E-state index in [1.165, 1.54) is 0 Å². The Bertz CT molecular complexity index is 278. The molecule has 0 aliphatic rings. The molecule has 1 N–H and O–H groups in total. The second-order valence-corrected chi connectivity index (χ2v) is 3.36. The van der Waals surface area contributed by atoms with Crippen molar-refractivity contribution in [1.29, 1.82) is 0 Å². The highest BCUT2D eigenvalue weighted by atomic mass is 79.9. The maximum atomic E-state index is 11.8. The van der Waals surface area contributed by atoms with Crippen molar-refractivity contribution in [3.8, 4) is 5.75 Å². The molecule has 0 spiro atoms. The van der Waals surface area contributed by atoms with Crippen LogP contribution >= 0.6 is 15.9 Å². The average molecular weight is 249 g/mol. The number of hydrogen-bond donors (Lipinski definition) is 1. The van der Waals surface area contributed by atoms with Crippen LogP contribution < -0.4 is 4.74 Å². The van der Waals surface area contributed by atoms with Crippen LogP contribution in [0.2, 0.25) is 0 Å². The van der Waals surface area contributed by atoms with E-state index in [0.717, 1.165) is 4.47 Å². The van der Waals surface area contributed by atoms with Gasteiger partial charge in [0.2, 0.25) is 0 Å². The molecule has 0 heterocycles. The van der Waals surface area contributed by atoms with E-state index in [1.54, 1.807) is 18.2 Å². The predicted octanol–water partition coefficient (Wildman–Crippen LogP) is 2.29. The van der Waals surface area contributed by atoms with Gasteiger partial charge in [-0.05, 0) is 18.2 Å². The summed E-state index contributed by atoms with van der Waals surface area (Å²) in [5.41, 5.74) is 0.655. The standard InChI is InChI=1S/C9H10BrFO2/c10-8-1-2-9(13-4-3-11)7(5-8)6-12/h1-2,5,12H,3-4,6H2. The van der Waals surface area contributed by atoms with Crippen LogP contribution in [0.5, 0.6) is 5.75 Å². The number of aliphatic hydroxyl groups is 1. The minimum Gasteiger partial charge on any atom is -0.490 e. The molecule has 0 unspecified atom stereocenters. The van der Waals surface area contributed by atoms with Crippen LogP contribution in [0.25, 0.3) is 0 Å². The van der Waals surface area contributed by atoms with Gasteiger partial charge in [0, 0.05) is 10.0 Å². The molecule has 2 nitrogen and oxygen atoms in total. The Morgan fingerprint density at radius 3 is 2.85 bits per heavy atom. The van der Waals surface area contributed by atoms with E-state index < -0.39 is 6.67 Å². The number of benzene rings is 1. The minimum absolute atomic E-state index is 0.0225. The van der Waals surface area contributed by atoms with Gasteiger partial charge in [0.15, 0.2) is 0 Å². The van der Waals surface area contributed by atoms with Crippen LogP contribution in [0.15, 0.2) is 22.7 Å². The molecule has 4 heteroatoms. The van der Waals surface area contributed by atoms with E-state index in [9.17, 15) is 4.39 Å². The van der Waals surface area contributed by atoms with E-state index in [2.05, 4.69) is 15.9 Å². The molecule has 0 aliphatic heterocycles. The van der Waals surface area contributed by atoms with Crippen LogP contribution in [0, 0.1) is 0 Å².